The van der Waals surface area contributed by atoms with Crippen molar-refractivity contribution in [3.63, 3.8) is 0 Å². The minimum absolute atomic E-state index is 0.00828. The molecule has 2 aromatic carbocycles. The summed E-state index contributed by atoms with van der Waals surface area (Å²) in [5.41, 5.74) is 4.07. The Hall–Kier alpha value is -2.80. The van der Waals surface area contributed by atoms with Gasteiger partial charge >= 0.3 is 6.03 Å². The van der Waals surface area contributed by atoms with Gasteiger partial charge in [0.25, 0.3) is 0 Å². The van der Waals surface area contributed by atoms with Gasteiger partial charge in [-0.15, -0.1) is 0 Å². The van der Waals surface area contributed by atoms with Crippen LogP contribution in [0.3, 0.4) is 0 Å². The number of nitrogens with one attached hydrogen (secondary N) is 1. The van der Waals surface area contributed by atoms with E-state index in [1.807, 2.05) is 38.1 Å². The summed E-state index contributed by atoms with van der Waals surface area (Å²) in [5, 5.41) is 11.9. The minimum Gasteiger partial charge on any atom is -0.337 e. The summed E-state index contributed by atoms with van der Waals surface area (Å²) in [4.78, 5) is 13.8. The summed E-state index contributed by atoms with van der Waals surface area (Å²) in [7, 11) is 0. The van der Waals surface area contributed by atoms with E-state index in [9.17, 15) is 4.79 Å². The molecule has 2 amide bonds. The lowest BCUT2D eigenvalue weighted by Crippen LogP contribution is -2.41. The topological polar surface area (TPSA) is 56.1 Å². The zero-order chi connectivity index (χ0) is 18.2. The molecule has 0 aromatic heterocycles. The third-order valence-corrected chi connectivity index (χ3v) is 4.44. The van der Waals surface area contributed by atoms with Crippen molar-refractivity contribution >= 4 is 6.03 Å². The maximum Gasteiger partial charge on any atom is 0.317 e. The Balaban J connectivity index is 1.99. The van der Waals surface area contributed by atoms with Crippen molar-refractivity contribution in [1.29, 1.82) is 5.26 Å². The van der Waals surface area contributed by atoms with Crippen molar-refractivity contribution < 1.29 is 4.79 Å². The number of rotatable bonds is 6. The lowest BCUT2D eigenvalue weighted by Gasteiger charge is -2.21. The third-order valence-electron chi connectivity index (χ3n) is 4.44. The highest BCUT2D eigenvalue weighted by Gasteiger charge is 2.11. The van der Waals surface area contributed by atoms with Crippen LogP contribution in [-0.2, 0) is 0 Å². The van der Waals surface area contributed by atoms with Gasteiger partial charge < -0.3 is 10.2 Å². The van der Waals surface area contributed by atoms with Crippen LogP contribution in [-0.4, -0.2) is 30.6 Å². The van der Waals surface area contributed by atoms with E-state index in [0.717, 1.165) is 24.2 Å². The number of hydrogen-bond acceptors (Lipinski definition) is 2. The number of urea groups is 1. The van der Waals surface area contributed by atoms with Crippen molar-refractivity contribution in [3.05, 3.63) is 59.7 Å². The SMILES string of the molecule is CCN(CC)C(=O)NCC(C)c1ccc(-c2ccc(C#N)cc2)cc1. The molecule has 0 fully saturated rings. The van der Waals surface area contributed by atoms with Crippen LogP contribution in [0.5, 0.6) is 0 Å². The predicted molar refractivity (Wildman–Crippen MR) is 101 cm³/mol. The van der Waals surface area contributed by atoms with Gasteiger partial charge in [0.1, 0.15) is 0 Å². The first-order chi connectivity index (χ1) is 12.1. The normalized spacial score (nSPS) is 11.4. The van der Waals surface area contributed by atoms with Gasteiger partial charge in [-0.3, -0.25) is 0 Å². The summed E-state index contributed by atoms with van der Waals surface area (Å²) < 4.78 is 0. The molecule has 0 aliphatic rings. The second-order valence-corrected chi connectivity index (χ2v) is 6.07. The number of carbonyl (C=O) groups excluding carboxylic acids is 1. The summed E-state index contributed by atoms with van der Waals surface area (Å²) in [6, 6.07) is 18.1. The average molecular weight is 335 g/mol. The number of hydrogen-bond donors (Lipinski definition) is 1. The van der Waals surface area contributed by atoms with E-state index in [1.165, 1.54) is 5.56 Å². The van der Waals surface area contributed by atoms with Crippen molar-refractivity contribution in [2.24, 2.45) is 0 Å². The van der Waals surface area contributed by atoms with Crippen LogP contribution in [0, 0.1) is 11.3 Å². The molecule has 4 heteroatoms. The van der Waals surface area contributed by atoms with Gasteiger partial charge in [0.05, 0.1) is 11.6 Å². The Morgan fingerprint density at radius 1 is 1.04 bits per heavy atom. The first-order valence-electron chi connectivity index (χ1n) is 8.72. The summed E-state index contributed by atoms with van der Waals surface area (Å²) in [6.07, 6.45) is 0. The van der Waals surface area contributed by atoms with Crippen LogP contribution in [0.25, 0.3) is 11.1 Å². The molecule has 25 heavy (non-hydrogen) atoms. The number of amides is 2. The van der Waals surface area contributed by atoms with Gasteiger partial charge in [-0.05, 0) is 48.6 Å². The maximum absolute atomic E-state index is 12.0. The molecule has 0 spiro atoms. The molecule has 0 aliphatic heterocycles. The number of benzene rings is 2. The second kappa shape index (κ2) is 8.89. The summed E-state index contributed by atoms with van der Waals surface area (Å²) in [5.74, 6) is 0.245. The molecule has 1 unspecified atom stereocenters. The fourth-order valence-electron chi connectivity index (χ4n) is 2.72. The highest BCUT2D eigenvalue weighted by molar-refractivity contribution is 5.74. The number of nitrogens with zero attached hydrogens (tertiary/aromatic N) is 2. The van der Waals surface area contributed by atoms with Gasteiger partial charge in [-0.2, -0.15) is 5.26 Å². The van der Waals surface area contributed by atoms with E-state index in [4.69, 9.17) is 5.26 Å². The molecular weight excluding hydrogens is 310 g/mol. The molecule has 0 aliphatic carbocycles. The fraction of sp³-hybridized carbons (Fsp3) is 0.333. The molecule has 1 atom stereocenters. The van der Waals surface area contributed by atoms with Gasteiger partial charge in [0.2, 0.25) is 0 Å². The number of carbonyl (C=O) groups is 1. The number of nitriles is 1. The molecule has 130 valence electrons. The van der Waals surface area contributed by atoms with Crippen LogP contribution in [0.2, 0.25) is 0 Å². The lowest BCUT2D eigenvalue weighted by atomic mass is 9.97. The van der Waals surface area contributed by atoms with Crippen LogP contribution in [0.4, 0.5) is 4.79 Å². The lowest BCUT2D eigenvalue weighted by molar-refractivity contribution is 0.203. The summed E-state index contributed by atoms with van der Waals surface area (Å²) >= 11 is 0. The smallest absolute Gasteiger partial charge is 0.317 e. The Labute approximate surface area is 150 Å². The largest absolute Gasteiger partial charge is 0.337 e. The molecule has 1 N–H and O–H groups in total. The van der Waals surface area contributed by atoms with Crippen molar-refractivity contribution in [2.75, 3.05) is 19.6 Å². The van der Waals surface area contributed by atoms with Crippen LogP contribution in [0.1, 0.15) is 37.8 Å². The van der Waals surface area contributed by atoms with E-state index in [-0.39, 0.29) is 11.9 Å². The van der Waals surface area contributed by atoms with Gasteiger partial charge in [0.15, 0.2) is 0 Å². The Kier molecular flexibility index (Phi) is 6.59. The molecule has 0 bridgehead atoms. The second-order valence-electron chi connectivity index (χ2n) is 6.07. The molecule has 2 aromatic rings. The molecule has 0 saturated heterocycles. The van der Waals surface area contributed by atoms with Crippen LogP contribution < -0.4 is 5.32 Å². The van der Waals surface area contributed by atoms with Gasteiger partial charge in [-0.1, -0.05) is 43.3 Å². The maximum atomic E-state index is 12.0. The van der Waals surface area contributed by atoms with Crippen LogP contribution >= 0.6 is 0 Å². The van der Waals surface area contributed by atoms with Crippen molar-refractivity contribution in [2.45, 2.75) is 26.7 Å². The first kappa shape index (κ1) is 18.5. The van der Waals surface area contributed by atoms with Gasteiger partial charge in [-0.25, -0.2) is 4.79 Å². The zero-order valence-corrected chi connectivity index (χ0v) is 15.1. The minimum atomic E-state index is -0.00828. The van der Waals surface area contributed by atoms with E-state index in [1.54, 1.807) is 4.90 Å². The van der Waals surface area contributed by atoms with E-state index >= 15 is 0 Å². The Morgan fingerprint density at radius 2 is 1.56 bits per heavy atom. The van der Waals surface area contributed by atoms with Gasteiger partial charge in [0, 0.05) is 19.6 Å². The molecule has 4 nitrogen and oxygen atoms in total. The monoisotopic (exact) mass is 335 g/mol. The average Bonchev–Trinajstić information content (AvgIpc) is 2.67. The van der Waals surface area contributed by atoms with Crippen molar-refractivity contribution in [3.8, 4) is 17.2 Å². The predicted octanol–water partition coefficient (Wildman–Crippen LogP) is 4.38. The summed E-state index contributed by atoms with van der Waals surface area (Å²) in [6.45, 7) is 8.12. The van der Waals surface area contributed by atoms with E-state index in [2.05, 4.69) is 42.6 Å². The van der Waals surface area contributed by atoms with E-state index < -0.39 is 0 Å². The Morgan fingerprint density at radius 3 is 2.04 bits per heavy atom. The molecule has 0 heterocycles. The quantitative estimate of drug-likeness (QED) is 0.851. The highest BCUT2D eigenvalue weighted by atomic mass is 16.2. The van der Waals surface area contributed by atoms with Crippen molar-refractivity contribution in [1.82, 2.24) is 10.2 Å². The standard InChI is InChI=1S/C21H25N3O/c1-4-24(5-2)21(25)23-15-16(3)18-10-12-20(13-11-18)19-8-6-17(14-22)7-9-19/h6-13,16H,4-5,15H2,1-3H3,(H,23,25). The molecular formula is C21H25N3O. The fourth-order valence-corrected chi connectivity index (χ4v) is 2.72. The molecule has 0 saturated carbocycles. The van der Waals surface area contributed by atoms with Crippen LogP contribution in [0.15, 0.2) is 48.5 Å². The zero-order valence-electron chi connectivity index (χ0n) is 15.1. The molecule has 2 rings (SSSR count). The highest BCUT2D eigenvalue weighted by Crippen LogP contribution is 2.23. The third kappa shape index (κ3) is 4.84. The molecule has 0 radical (unpaired) electrons. The Bertz CT molecular complexity index is 725. The first-order valence-corrected chi connectivity index (χ1v) is 8.72. The van der Waals surface area contributed by atoms with E-state index in [0.29, 0.717) is 12.1 Å².